The summed E-state index contributed by atoms with van der Waals surface area (Å²) in [6, 6.07) is 61.9. The van der Waals surface area contributed by atoms with Crippen molar-refractivity contribution in [1.82, 2.24) is 13.8 Å². The van der Waals surface area contributed by atoms with E-state index in [9.17, 15) is 0 Å². The lowest BCUT2D eigenvalue weighted by Gasteiger charge is -2.27. The highest BCUT2D eigenvalue weighted by atomic mass is 15.2. The maximum atomic E-state index is 5.77. The highest BCUT2D eigenvalue weighted by molar-refractivity contribution is 6.34. The van der Waals surface area contributed by atoms with Crippen LogP contribution in [0.1, 0.15) is 0 Å². The van der Waals surface area contributed by atoms with E-state index in [1.807, 2.05) is 0 Å². The Bertz CT molecular complexity index is 3580. The average molecular weight is 673 g/mol. The van der Waals surface area contributed by atoms with E-state index in [0.29, 0.717) is 0 Å². The summed E-state index contributed by atoms with van der Waals surface area (Å²) in [5.74, 6) is 0. The number of hydrogen-bond acceptors (Lipinski definition) is 2. The third kappa shape index (κ3) is 3.39. The summed E-state index contributed by atoms with van der Waals surface area (Å²) in [5.41, 5.74) is 11.4. The van der Waals surface area contributed by atoms with Gasteiger partial charge in [0.25, 0.3) is 0 Å². The highest BCUT2D eigenvalue weighted by Gasteiger charge is 2.27. The maximum Gasteiger partial charge on any atom is 0.146 e. The van der Waals surface area contributed by atoms with Crippen LogP contribution in [0.3, 0.4) is 0 Å². The van der Waals surface area contributed by atoms with Crippen molar-refractivity contribution < 1.29 is 0 Å². The monoisotopic (exact) mass is 672 g/mol. The number of hydrogen-bond donors (Lipinski definition) is 0. The molecule has 0 saturated carbocycles. The van der Waals surface area contributed by atoms with Gasteiger partial charge in [-0.05, 0) is 70.1 Å². The van der Waals surface area contributed by atoms with E-state index in [2.05, 4.69) is 184 Å². The van der Waals surface area contributed by atoms with Crippen LogP contribution in [0.2, 0.25) is 0 Å². The molecule has 5 aromatic heterocycles. The minimum Gasteiger partial charge on any atom is -0.308 e. The Labute approximate surface area is 302 Å². The lowest BCUT2D eigenvalue weighted by atomic mass is 10.00. The molecule has 0 N–H and O–H groups in total. The molecule has 4 heteroatoms. The first-order chi connectivity index (χ1) is 26.3. The van der Waals surface area contributed by atoms with Crippen molar-refractivity contribution in [1.29, 1.82) is 0 Å². The molecule has 0 bridgehead atoms. The van der Waals surface area contributed by atoms with Gasteiger partial charge in [-0.25, -0.2) is 4.98 Å². The van der Waals surface area contributed by atoms with E-state index >= 15 is 0 Å². The normalized spacial score (nSPS) is 12.5. The van der Waals surface area contributed by atoms with Gasteiger partial charge in [0, 0.05) is 49.1 Å². The summed E-state index contributed by atoms with van der Waals surface area (Å²) < 4.78 is 4.94. The van der Waals surface area contributed by atoms with Crippen molar-refractivity contribution in [3.8, 4) is 0 Å². The number of aromatic nitrogens is 3. The summed E-state index contributed by atoms with van der Waals surface area (Å²) in [4.78, 5) is 8.18. The van der Waals surface area contributed by atoms with Gasteiger partial charge in [0.2, 0.25) is 0 Å². The molecule has 53 heavy (non-hydrogen) atoms. The first-order valence-electron chi connectivity index (χ1n) is 18.2. The van der Waals surface area contributed by atoms with Crippen LogP contribution >= 0.6 is 0 Å². The van der Waals surface area contributed by atoms with Gasteiger partial charge in [-0.1, -0.05) is 121 Å². The Morgan fingerprint density at radius 1 is 0.377 bits per heavy atom. The fraction of sp³-hybridized carbons (Fsp3) is 0. The van der Waals surface area contributed by atoms with Gasteiger partial charge in [-0.15, -0.1) is 0 Å². The van der Waals surface area contributed by atoms with Crippen molar-refractivity contribution in [2.24, 2.45) is 0 Å². The lowest BCUT2D eigenvalue weighted by molar-refractivity contribution is 1.25. The number of fused-ring (bicyclic) bond motifs is 16. The summed E-state index contributed by atoms with van der Waals surface area (Å²) in [6.07, 6.45) is 0. The summed E-state index contributed by atoms with van der Waals surface area (Å²) >= 11 is 0. The predicted octanol–water partition coefficient (Wildman–Crippen LogP) is 13.2. The van der Waals surface area contributed by atoms with Gasteiger partial charge in [0.05, 0.1) is 38.8 Å². The number of nitrogens with zero attached hydrogens (tertiary/aromatic N) is 4. The van der Waals surface area contributed by atoms with Crippen LogP contribution in [0.4, 0.5) is 17.1 Å². The van der Waals surface area contributed by atoms with Crippen LogP contribution < -0.4 is 4.90 Å². The smallest absolute Gasteiger partial charge is 0.146 e. The van der Waals surface area contributed by atoms with E-state index in [-0.39, 0.29) is 0 Å². The zero-order valence-corrected chi connectivity index (χ0v) is 28.5. The summed E-state index contributed by atoms with van der Waals surface area (Å²) in [6.45, 7) is 0. The number of rotatable bonds is 3. The van der Waals surface area contributed by atoms with E-state index in [4.69, 9.17) is 4.98 Å². The molecular formula is C49H28N4. The Balaban J connectivity index is 1.27. The van der Waals surface area contributed by atoms with Crippen molar-refractivity contribution in [3.63, 3.8) is 0 Å². The molecule has 0 aliphatic heterocycles. The Hall–Kier alpha value is -7.17. The van der Waals surface area contributed by atoms with Crippen molar-refractivity contribution in [2.75, 3.05) is 4.90 Å². The molecule has 0 fully saturated rings. The van der Waals surface area contributed by atoms with Crippen LogP contribution in [0.5, 0.6) is 0 Å². The van der Waals surface area contributed by atoms with Crippen LogP contribution in [0.25, 0.3) is 98.0 Å². The second-order valence-electron chi connectivity index (χ2n) is 14.3. The first-order valence-corrected chi connectivity index (χ1v) is 18.2. The second kappa shape index (κ2) is 9.78. The zero-order chi connectivity index (χ0) is 34.4. The third-order valence-corrected chi connectivity index (χ3v) is 11.7. The zero-order valence-electron chi connectivity index (χ0n) is 28.5. The minimum atomic E-state index is 0.985. The van der Waals surface area contributed by atoms with E-state index in [1.165, 1.54) is 75.8 Å². The summed E-state index contributed by atoms with van der Waals surface area (Å²) in [5, 5.41) is 13.6. The van der Waals surface area contributed by atoms with Gasteiger partial charge in [-0.3, -0.25) is 4.40 Å². The molecule has 0 saturated heterocycles. The molecule has 0 radical (unpaired) electrons. The average Bonchev–Trinajstić information content (AvgIpc) is 3.94. The van der Waals surface area contributed by atoms with Crippen LogP contribution in [0, 0.1) is 0 Å². The molecule has 8 aromatic carbocycles. The molecule has 4 nitrogen and oxygen atoms in total. The van der Waals surface area contributed by atoms with Gasteiger partial charge < -0.3 is 9.30 Å². The molecule has 244 valence electrons. The van der Waals surface area contributed by atoms with E-state index < -0.39 is 0 Å². The van der Waals surface area contributed by atoms with E-state index in [0.717, 1.165) is 39.3 Å². The molecule has 0 spiro atoms. The second-order valence-corrected chi connectivity index (χ2v) is 14.3. The standard InChI is InChI=1S/C49H28N4/c1-3-16-31(17-4-1)51(32-18-5-2-6-19-32)42-27-30-15-8-10-21-34(30)44-37-24-13-23-35-38-28-41-45(50-49(38)53(46(35)37)48(42)44)39-26-29-14-7-9-20-33(29)43-36-22-11-12-25-40(36)52(41)47(39)43/h1-28H. The molecule has 0 aliphatic carbocycles. The molecule has 13 rings (SSSR count). The highest BCUT2D eigenvalue weighted by Crippen LogP contribution is 2.49. The molecule has 0 aliphatic rings. The van der Waals surface area contributed by atoms with E-state index in [1.54, 1.807) is 0 Å². The lowest BCUT2D eigenvalue weighted by Crippen LogP contribution is -2.11. The Kier molecular flexibility index (Phi) is 5.08. The Morgan fingerprint density at radius 3 is 1.70 bits per heavy atom. The largest absolute Gasteiger partial charge is 0.308 e. The van der Waals surface area contributed by atoms with Gasteiger partial charge in [-0.2, -0.15) is 0 Å². The SMILES string of the molecule is c1ccc(N(c2ccccc2)c2cc3ccccc3c3c4cccc5c6cc7c(nc6n(c23)c54)c2cc3ccccc3c3c4ccccc4n7c23)cc1. The fourth-order valence-electron chi connectivity index (χ4n) is 9.60. The fourth-order valence-corrected chi connectivity index (χ4v) is 9.60. The number of para-hydroxylation sites is 4. The third-order valence-electron chi connectivity index (χ3n) is 11.7. The van der Waals surface area contributed by atoms with Gasteiger partial charge in [0.1, 0.15) is 5.65 Å². The van der Waals surface area contributed by atoms with Crippen molar-refractivity contribution in [3.05, 3.63) is 170 Å². The van der Waals surface area contributed by atoms with Gasteiger partial charge in [0.15, 0.2) is 0 Å². The van der Waals surface area contributed by atoms with Crippen molar-refractivity contribution in [2.45, 2.75) is 0 Å². The summed E-state index contributed by atoms with van der Waals surface area (Å²) in [7, 11) is 0. The quantitative estimate of drug-likeness (QED) is 0.187. The topological polar surface area (TPSA) is 25.0 Å². The molecule has 0 unspecified atom stereocenters. The molecule has 0 atom stereocenters. The predicted molar refractivity (Wildman–Crippen MR) is 223 cm³/mol. The number of anilines is 3. The molecule has 13 aromatic rings. The Morgan fingerprint density at radius 2 is 0.962 bits per heavy atom. The first kappa shape index (κ1) is 27.5. The molecule has 5 heterocycles. The maximum absolute atomic E-state index is 5.77. The molecular weight excluding hydrogens is 645 g/mol. The number of benzene rings is 8. The van der Waals surface area contributed by atoms with Gasteiger partial charge >= 0.3 is 0 Å². The molecule has 0 amide bonds. The van der Waals surface area contributed by atoms with Crippen LogP contribution in [-0.2, 0) is 0 Å². The van der Waals surface area contributed by atoms with Crippen LogP contribution in [-0.4, -0.2) is 13.8 Å². The minimum absolute atomic E-state index is 0.985. The number of pyridine rings is 1. The van der Waals surface area contributed by atoms with Crippen LogP contribution in [0.15, 0.2) is 170 Å². The van der Waals surface area contributed by atoms with Crippen molar-refractivity contribution >= 4 is 115 Å².